The van der Waals surface area contributed by atoms with E-state index in [9.17, 15) is 0 Å². The van der Waals surface area contributed by atoms with Gasteiger partial charge in [-0.1, -0.05) is 44.5 Å². The van der Waals surface area contributed by atoms with Gasteiger partial charge in [0, 0.05) is 0 Å². The highest BCUT2D eigenvalue weighted by atomic mass is 14.0. The van der Waals surface area contributed by atoms with Gasteiger partial charge in [-0.05, 0) is 36.8 Å². The van der Waals surface area contributed by atoms with Gasteiger partial charge < -0.3 is 0 Å². The summed E-state index contributed by atoms with van der Waals surface area (Å²) in [5.41, 5.74) is 2.85. The summed E-state index contributed by atoms with van der Waals surface area (Å²) >= 11 is 0. The molecule has 0 unspecified atom stereocenters. The number of rotatable bonds is 5. The lowest BCUT2D eigenvalue weighted by Crippen LogP contribution is -1.87. The molecule has 0 bridgehead atoms. The quantitative estimate of drug-likeness (QED) is 0.634. The van der Waals surface area contributed by atoms with Crippen LogP contribution in [-0.4, -0.2) is 0 Å². The molecule has 0 aromatic heterocycles. The molecule has 0 fully saturated rings. The maximum Gasteiger partial charge on any atom is -0.00957 e. The van der Waals surface area contributed by atoms with E-state index in [1.165, 1.54) is 30.4 Å². The van der Waals surface area contributed by atoms with Gasteiger partial charge in [0.15, 0.2) is 0 Å². The molecule has 1 rings (SSSR count). The van der Waals surface area contributed by atoms with Crippen molar-refractivity contribution in [1.82, 2.24) is 0 Å². The summed E-state index contributed by atoms with van der Waals surface area (Å²) in [6, 6.07) is 8.87. The molecule has 0 N–H and O–H groups in total. The van der Waals surface area contributed by atoms with Gasteiger partial charge in [-0.15, -0.1) is 0 Å². The van der Waals surface area contributed by atoms with E-state index in [-0.39, 0.29) is 0 Å². The number of hydrogen-bond donors (Lipinski definition) is 0. The number of benzene rings is 1. The standard InChI is InChI=1S/C13H19/c1-3-5-8-13-10-6-9-12(11-13)7-4-2/h6-7,9-11H,3-5,8H2,1-2H3. The van der Waals surface area contributed by atoms with E-state index in [1.807, 2.05) is 0 Å². The highest BCUT2D eigenvalue weighted by molar-refractivity contribution is 5.28. The number of hydrogen-bond acceptors (Lipinski definition) is 0. The minimum absolute atomic E-state index is 1.12. The van der Waals surface area contributed by atoms with Crippen LogP contribution in [0.5, 0.6) is 0 Å². The monoisotopic (exact) mass is 175 g/mol. The fourth-order valence-electron chi connectivity index (χ4n) is 1.49. The van der Waals surface area contributed by atoms with Crippen LogP contribution in [0.1, 0.15) is 44.2 Å². The molecule has 1 radical (unpaired) electrons. The Balaban J connectivity index is 2.56. The summed E-state index contributed by atoms with van der Waals surface area (Å²) in [6.45, 7) is 4.42. The fraction of sp³-hybridized carbons (Fsp3) is 0.462. The van der Waals surface area contributed by atoms with E-state index >= 15 is 0 Å². The highest BCUT2D eigenvalue weighted by Gasteiger charge is 1.94. The Hall–Kier alpha value is -0.780. The Morgan fingerprint density at radius 1 is 1.23 bits per heavy atom. The van der Waals surface area contributed by atoms with Crippen molar-refractivity contribution in [2.45, 2.75) is 39.5 Å². The van der Waals surface area contributed by atoms with E-state index in [0.717, 1.165) is 6.42 Å². The van der Waals surface area contributed by atoms with Gasteiger partial charge in [-0.2, -0.15) is 0 Å². The lowest BCUT2D eigenvalue weighted by molar-refractivity contribution is 0.794. The van der Waals surface area contributed by atoms with Crippen LogP contribution in [0.2, 0.25) is 0 Å². The Labute approximate surface area is 82.0 Å². The summed E-state index contributed by atoms with van der Waals surface area (Å²) in [5, 5.41) is 0. The third-order valence-corrected chi connectivity index (χ3v) is 2.21. The first-order valence-corrected chi connectivity index (χ1v) is 5.29. The van der Waals surface area contributed by atoms with Crippen molar-refractivity contribution in [2.75, 3.05) is 0 Å². The predicted molar refractivity (Wildman–Crippen MR) is 58.7 cm³/mol. The zero-order valence-corrected chi connectivity index (χ0v) is 8.72. The second-order valence-electron chi connectivity index (χ2n) is 3.46. The average Bonchev–Trinajstić information content (AvgIpc) is 2.16. The Morgan fingerprint density at radius 2 is 2.08 bits per heavy atom. The minimum atomic E-state index is 1.12. The molecule has 0 aliphatic rings. The molecule has 1 aromatic rings. The zero-order valence-electron chi connectivity index (χ0n) is 8.72. The molecule has 13 heavy (non-hydrogen) atoms. The van der Waals surface area contributed by atoms with Gasteiger partial charge in [0.2, 0.25) is 0 Å². The van der Waals surface area contributed by atoms with Gasteiger partial charge >= 0.3 is 0 Å². The number of unbranched alkanes of at least 4 members (excludes halogenated alkanes) is 1. The normalized spacial score (nSPS) is 10.3. The van der Waals surface area contributed by atoms with Crippen molar-refractivity contribution in [3.63, 3.8) is 0 Å². The molecule has 0 atom stereocenters. The van der Waals surface area contributed by atoms with Crippen molar-refractivity contribution in [1.29, 1.82) is 0 Å². The van der Waals surface area contributed by atoms with Crippen LogP contribution in [0.3, 0.4) is 0 Å². The summed E-state index contributed by atoms with van der Waals surface area (Å²) in [6.07, 6.45) is 7.20. The van der Waals surface area contributed by atoms with Crippen LogP contribution in [0.15, 0.2) is 24.3 Å². The van der Waals surface area contributed by atoms with Gasteiger partial charge in [-0.25, -0.2) is 0 Å². The van der Waals surface area contributed by atoms with Crippen molar-refractivity contribution < 1.29 is 0 Å². The molecule has 0 aliphatic heterocycles. The van der Waals surface area contributed by atoms with Crippen LogP contribution >= 0.6 is 0 Å². The fourth-order valence-corrected chi connectivity index (χ4v) is 1.49. The first kappa shape index (κ1) is 10.3. The van der Waals surface area contributed by atoms with E-state index in [0.29, 0.717) is 0 Å². The number of aryl methyl sites for hydroxylation is 1. The van der Waals surface area contributed by atoms with Crippen molar-refractivity contribution >= 4 is 0 Å². The third kappa shape index (κ3) is 3.63. The molecule has 0 amide bonds. The van der Waals surface area contributed by atoms with E-state index in [2.05, 4.69) is 44.5 Å². The summed E-state index contributed by atoms with van der Waals surface area (Å²) in [7, 11) is 0. The van der Waals surface area contributed by atoms with E-state index < -0.39 is 0 Å². The zero-order chi connectivity index (χ0) is 9.52. The lowest BCUT2D eigenvalue weighted by atomic mass is 10.0. The van der Waals surface area contributed by atoms with Crippen molar-refractivity contribution in [3.05, 3.63) is 41.8 Å². The molecular formula is C13H19. The second kappa shape index (κ2) is 5.80. The summed E-state index contributed by atoms with van der Waals surface area (Å²) in [4.78, 5) is 0. The lowest BCUT2D eigenvalue weighted by Gasteiger charge is -2.02. The molecule has 0 saturated carbocycles. The maximum atomic E-state index is 2.30. The smallest absolute Gasteiger partial charge is 0.00957 e. The van der Waals surface area contributed by atoms with Gasteiger partial charge in [0.05, 0.1) is 0 Å². The average molecular weight is 175 g/mol. The first-order valence-electron chi connectivity index (χ1n) is 5.29. The Bertz CT molecular complexity index is 238. The van der Waals surface area contributed by atoms with Gasteiger partial charge in [0.1, 0.15) is 0 Å². The molecule has 0 heteroatoms. The molecule has 0 aliphatic carbocycles. The molecule has 0 saturated heterocycles. The Morgan fingerprint density at radius 3 is 2.77 bits per heavy atom. The maximum absolute atomic E-state index is 2.30. The largest absolute Gasteiger partial charge is 0.0654 e. The van der Waals surface area contributed by atoms with Crippen molar-refractivity contribution in [3.8, 4) is 0 Å². The third-order valence-electron chi connectivity index (χ3n) is 2.21. The van der Waals surface area contributed by atoms with E-state index in [4.69, 9.17) is 0 Å². The van der Waals surface area contributed by atoms with Gasteiger partial charge in [-0.3, -0.25) is 0 Å². The van der Waals surface area contributed by atoms with Crippen LogP contribution in [0.25, 0.3) is 0 Å². The molecule has 1 aromatic carbocycles. The summed E-state index contributed by atoms with van der Waals surface area (Å²) < 4.78 is 0. The van der Waals surface area contributed by atoms with Crippen LogP contribution in [0, 0.1) is 6.42 Å². The molecule has 0 nitrogen and oxygen atoms in total. The van der Waals surface area contributed by atoms with Gasteiger partial charge in [0.25, 0.3) is 0 Å². The van der Waals surface area contributed by atoms with E-state index in [1.54, 1.807) is 0 Å². The van der Waals surface area contributed by atoms with Crippen LogP contribution < -0.4 is 0 Å². The van der Waals surface area contributed by atoms with Crippen LogP contribution in [0.4, 0.5) is 0 Å². The second-order valence-corrected chi connectivity index (χ2v) is 3.46. The Kier molecular flexibility index (Phi) is 4.59. The SMILES string of the molecule is CC[CH]c1cccc(CCCC)c1. The minimum Gasteiger partial charge on any atom is -0.0654 e. The highest BCUT2D eigenvalue weighted by Crippen LogP contribution is 2.11. The predicted octanol–water partition coefficient (Wildman–Crippen LogP) is 3.99. The molecule has 71 valence electrons. The summed E-state index contributed by atoms with van der Waals surface area (Å²) in [5.74, 6) is 0. The molecule has 0 heterocycles. The molecule has 0 spiro atoms. The first-order chi connectivity index (χ1) is 6.36. The van der Waals surface area contributed by atoms with Crippen LogP contribution in [-0.2, 0) is 6.42 Å². The van der Waals surface area contributed by atoms with Crippen molar-refractivity contribution in [2.24, 2.45) is 0 Å². The molecular weight excluding hydrogens is 156 g/mol. The topological polar surface area (TPSA) is 0 Å².